The number of nitrogens with zero attached hydrogens (tertiary/aromatic N) is 1. The van der Waals surface area contributed by atoms with Gasteiger partial charge in [0.25, 0.3) is 5.91 Å². The standard InChI is InChI=1S/C25H40N4O7/c1-15(2)10-17(23(31)27-22(24(32)26-6)25(3,4)5)20(13-36-28-33)34-12-16-8-9-18-19(11-16)35-14-21(30)29(18)7/h8-9,11,15,17,20,22,28,33H,10,12-14H2,1-7H3,(H,26,32)(H,27,31)/t17-,20?,22-/m1/s1. The van der Waals surface area contributed by atoms with Crippen LogP contribution in [-0.4, -0.2) is 62.4 Å². The molecule has 1 unspecified atom stereocenters. The maximum absolute atomic E-state index is 13.5. The van der Waals surface area contributed by atoms with Gasteiger partial charge in [0, 0.05) is 14.1 Å². The highest BCUT2D eigenvalue weighted by molar-refractivity contribution is 5.97. The molecule has 2 rings (SSSR count). The Morgan fingerprint density at radius 2 is 1.92 bits per heavy atom. The number of ether oxygens (including phenoxy) is 2. The molecule has 3 amide bonds. The molecule has 1 aliphatic heterocycles. The van der Waals surface area contributed by atoms with Crippen molar-refractivity contribution in [2.45, 2.75) is 59.8 Å². The number of hydrogen-bond donors (Lipinski definition) is 4. The van der Waals surface area contributed by atoms with Crippen LogP contribution in [0.5, 0.6) is 5.75 Å². The van der Waals surface area contributed by atoms with Crippen LogP contribution in [0.1, 0.15) is 46.6 Å². The van der Waals surface area contributed by atoms with Gasteiger partial charge in [0.2, 0.25) is 11.8 Å². The molecule has 0 radical (unpaired) electrons. The van der Waals surface area contributed by atoms with Gasteiger partial charge in [-0.2, -0.15) is 0 Å². The third kappa shape index (κ3) is 7.89. The molecule has 11 nitrogen and oxygen atoms in total. The van der Waals surface area contributed by atoms with Crippen LogP contribution < -0.4 is 25.9 Å². The monoisotopic (exact) mass is 508 g/mol. The largest absolute Gasteiger partial charge is 0.482 e. The van der Waals surface area contributed by atoms with Crippen LogP contribution in [0, 0.1) is 17.3 Å². The molecule has 1 aromatic rings. The summed E-state index contributed by atoms with van der Waals surface area (Å²) in [6.07, 6.45) is -0.269. The normalized spacial score (nSPS) is 16.1. The molecular formula is C25H40N4O7. The Morgan fingerprint density at radius 3 is 2.50 bits per heavy atom. The summed E-state index contributed by atoms with van der Waals surface area (Å²) in [6, 6.07) is 4.64. The molecule has 0 fully saturated rings. The van der Waals surface area contributed by atoms with E-state index in [-0.39, 0.29) is 43.5 Å². The Labute approximate surface area is 212 Å². The van der Waals surface area contributed by atoms with Gasteiger partial charge in [-0.1, -0.05) is 46.3 Å². The summed E-state index contributed by atoms with van der Waals surface area (Å²) in [5, 5.41) is 14.5. The van der Waals surface area contributed by atoms with Crippen LogP contribution in [0.3, 0.4) is 0 Å². The first-order chi connectivity index (χ1) is 16.9. The summed E-state index contributed by atoms with van der Waals surface area (Å²) in [6.45, 7) is 9.58. The molecule has 4 N–H and O–H groups in total. The Bertz CT molecular complexity index is 916. The van der Waals surface area contributed by atoms with E-state index in [1.807, 2.05) is 40.7 Å². The van der Waals surface area contributed by atoms with E-state index in [2.05, 4.69) is 10.6 Å². The van der Waals surface area contributed by atoms with Crippen molar-refractivity contribution in [3.63, 3.8) is 0 Å². The second-order valence-electron chi connectivity index (χ2n) is 10.5. The summed E-state index contributed by atoms with van der Waals surface area (Å²) >= 11 is 0. The van der Waals surface area contributed by atoms with Crippen molar-refractivity contribution in [2.24, 2.45) is 17.3 Å². The SMILES string of the molecule is CNC(=O)[C@@H](NC(=O)[C@H](CC(C)C)C(CONO)OCc1ccc2c(c1)OCC(=O)N2C)C(C)(C)C. The lowest BCUT2D eigenvalue weighted by Gasteiger charge is -2.33. The molecule has 0 spiro atoms. The maximum atomic E-state index is 13.5. The smallest absolute Gasteiger partial charge is 0.264 e. The highest BCUT2D eigenvalue weighted by atomic mass is 16.8. The van der Waals surface area contributed by atoms with Gasteiger partial charge in [-0.05, 0) is 35.4 Å². The summed E-state index contributed by atoms with van der Waals surface area (Å²) in [5.74, 6) is -0.709. The van der Waals surface area contributed by atoms with Gasteiger partial charge in [-0.3, -0.25) is 24.4 Å². The zero-order chi connectivity index (χ0) is 27.0. The molecule has 36 heavy (non-hydrogen) atoms. The minimum absolute atomic E-state index is 0.0383. The zero-order valence-electron chi connectivity index (χ0n) is 22.2. The van der Waals surface area contributed by atoms with Crippen molar-refractivity contribution in [2.75, 3.05) is 32.2 Å². The van der Waals surface area contributed by atoms with Gasteiger partial charge in [-0.25, -0.2) is 0 Å². The highest BCUT2D eigenvalue weighted by Gasteiger charge is 2.37. The van der Waals surface area contributed by atoms with Crippen LogP contribution in [0.15, 0.2) is 18.2 Å². The number of hydrogen-bond acceptors (Lipinski definition) is 8. The van der Waals surface area contributed by atoms with E-state index >= 15 is 0 Å². The molecule has 11 heteroatoms. The Balaban J connectivity index is 2.24. The van der Waals surface area contributed by atoms with Crippen molar-refractivity contribution in [1.82, 2.24) is 16.3 Å². The Kier molecular flexibility index (Phi) is 10.7. The number of benzene rings is 1. The minimum atomic E-state index is -0.750. The molecule has 3 atom stereocenters. The molecular weight excluding hydrogens is 468 g/mol. The molecule has 0 aliphatic carbocycles. The quantitative estimate of drug-likeness (QED) is 0.314. The van der Waals surface area contributed by atoms with Crippen molar-refractivity contribution in [3.8, 4) is 5.75 Å². The molecule has 0 bridgehead atoms. The van der Waals surface area contributed by atoms with Gasteiger partial charge in [0.1, 0.15) is 11.8 Å². The van der Waals surface area contributed by atoms with Crippen LogP contribution in [0.4, 0.5) is 5.69 Å². The lowest BCUT2D eigenvalue weighted by molar-refractivity contribution is -0.170. The fourth-order valence-corrected chi connectivity index (χ4v) is 4.02. The maximum Gasteiger partial charge on any atom is 0.264 e. The molecule has 1 heterocycles. The fourth-order valence-electron chi connectivity index (χ4n) is 4.02. The van der Waals surface area contributed by atoms with Gasteiger partial charge in [0.05, 0.1) is 30.9 Å². The van der Waals surface area contributed by atoms with Crippen LogP contribution in [0.25, 0.3) is 0 Å². The van der Waals surface area contributed by atoms with Crippen molar-refractivity contribution < 1.29 is 33.9 Å². The topological polar surface area (TPSA) is 138 Å². The average molecular weight is 509 g/mol. The Morgan fingerprint density at radius 1 is 1.22 bits per heavy atom. The van der Waals surface area contributed by atoms with E-state index in [0.717, 1.165) is 5.56 Å². The molecule has 0 saturated heterocycles. The van der Waals surface area contributed by atoms with E-state index in [0.29, 0.717) is 17.9 Å². The van der Waals surface area contributed by atoms with E-state index in [1.165, 1.54) is 11.9 Å². The van der Waals surface area contributed by atoms with Crippen molar-refractivity contribution in [1.29, 1.82) is 0 Å². The van der Waals surface area contributed by atoms with Crippen LogP contribution in [-0.2, 0) is 30.6 Å². The number of carbonyl (C=O) groups excluding carboxylic acids is 3. The fraction of sp³-hybridized carbons (Fsp3) is 0.640. The van der Waals surface area contributed by atoms with Crippen molar-refractivity contribution >= 4 is 23.4 Å². The number of likely N-dealkylation sites (N-methyl/N-ethyl adjacent to an activating group) is 2. The van der Waals surface area contributed by atoms with E-state index in [9.17, 15) is 14.4 Å². The Hall–Kier alpha value is -2.73. The molecule has 0 saturated carbocycles. The summed E-state index contributed by atoms with van der Waals surface area (Å²) in [4.78, 5) is 44.4. The van der Waals surface area contributed by atoms with E-state index in [4.69, 9.17) is 19.5 Å². The lowest BCUT2D eigenvalue weighted by Crippen LogP contribution is -2.55. The lowest BCUT2D eigenvalue weighted by atomic mass is 9.84. The number of fused-ring (bicyclic) bond motifs is 1. The number of anilines is 1. The molecule has 1 aliphatic rings. The first-order valence-electron chi connectivity index (χ1n) is 12.1. The highest BCUT2D eigenvalue weighted by Crippen LogP contribution is 2.32. The van der Waals surface area contributed by atoms with Crippen LogP contribution in [0.2, 0.25) is 0 Å². The average Bonchev–Trinajstić information content (AvgIpc) is 2.82. The summed E-state index contributed by atoms with van der Waals surface area (Å²) in [7, 11) is 3.22. The third-order valence-corrected chi connectivity index (χ3v) is 6.06. The second-order valence-corrected chi connectivity index (χ2v) is 10.5. The summed E-state index contributed by atoms with van der Waals surface area (Å²) in [5.41, 5.74) is 2.58. The second kappa shape index (κ2) is 13.0. The zero-order valence-corrected chi connectivity index (χ0v) is 22.2. The van der Waals surface area contributed by atoms with E-state index in [1.54, 1.807) is 24.8 Å². The van der Waals surface area contributed by atoms with Gasteiger partial charge in [-0.15, -0.1) is 0 Å². The van der Waals surface area contributed by atoms with Gasteiger partial charge < -0.3 is 25.0 Å². The van der Waals surface area contributed by atoms with Gasteiger partial charge >= 0.3 is 0 Å². The minimum Gasteiger partial charge on any atom is -0.482 e. The molecule has 202 valence electrons. The number of nitrogens with one attached hydrogen (secondary N) is 3. The van der Waals surface area contributed by atoms with Crippen LogP contribution >= 0.6 is 0 Å². The number of amides is 3. The molecule has 0 aromatic heterocycles. The summed E-state index contributed by atoms with van der Waals surface area (Å²) < 4.78 is 11.7. The molecule has 1 aromatic carbocycles. The van der Waals surface area contributed by atoms with Crippen molar-refractivity contribution in [3.05, 3.63) is 23.8 Å². The van der Waals surface area contributed by atoms with Gasteiger partial charge in [0.15, 0.2) is 6.61 Å². The predicted octanol–water partition coefficient (Wildman–Crippen LogP) is 1.78. The third-order valence-electron chi connectivity index (χ3n) is 6.06. The van der Waals surface area contributed by atoms with E-state index < -0.39 is 23.5 Å². The number of rotatable bonds is 12. The first kappa shape index (κ1) is 29.5. The number of carbonyl (C=O) groups is 3. The first-order valence-corrected chi connectivity index (χ1v) is 12.1. The predicted molar refractivity (Wildman–Crippen MR) is 133 cm³/mol.